The third-order valence-corrected chi connectivity index (χ3v) is 3.67. The number of carbonyl (C=O) groups is 2. The van der Waals surface area contributed by atoms with Gasteiger partial charge in [0.1, 0.15) is 6.04 Å². The highest BCUT2D eigenvalue weighted by Gasteiger charge is 2.21. The number of urea groups is 1. The lowest BCUT2D eigenvalue weighted by atomic mass is 10.0. The number of halogens is 2. The zero-order valence-electron chi connectivity index (χ0n) is 11.1. The van der Waals surface area contributed by atoms with Crippen LogP contribution in [-0.2, 0) is 4.79 Å². The summed E-state index contributed by atoms with van der Waals surface area (Å²) in [6, 6.07) is 3.88. The van der Waals surface area contributed by atoms with Crippen LogP contribution in [0.25, 0.3) is 0 Å². The number of carboxylic acids is 1. The molecule has 0 radical (unpaired) electrons. The molecule has 1 rings (SSSR count). The summed E-state index contributed by atoms with van der Waals surface area (Å²) in [7, 11) is 0. The molecule has 1 aromatic rings. The molecule has 1 aromatic carbocycles. The Bertz CT molecular complexity index is 506. The van der Waals surface area contributed by atoms with Gasteiger partial charge in [0.15, 0.2) is 0 Å². The molecule has 0 saturated carbocycles. The van der Waals surface area contributed by atoms with Gasteiger partial charge in [-0.1, -0.05) is 29.8 Å². The van der Waals surface area contributed by atoms with Crippen molar-refractivity contribution >= 4 is 49.5 Å². The van der Waals surface area contributed by atoms with Crippen molar-refractivity contribution < 1.29 is 14.7 Å². The van der Waals surface area contributed by atoms with Crippen LogP contribution < -0.4 is 10.6 Å². The first kappa shape index (κ1) is 17.0. The van der Waals surface area contributed by atoms with Crippen molar-refractivity contribution in [3.63, 3.8) is 0 Å². The highest BCUT2D eigenvalue weighted by Crippen LogP contribution is 2.26. The molecule has 2 amide bonds. The number of hydrogen-bond donors (Lipinski definition) is 3. The van der Waals surface area contributed by atoms with Gasteiger partial charge in [0.2, 0.25) is 0 Å². The van der Waals surface area contributed by atoms with E-state index in [1.807, 2.05) is 19.9 Å². The minimum atomic E-state index is -1.04. The van der Waals surface area contributed by atoms with Crippen LogP contribution >= 0.6 is 31.9 Å². The largest absolute Gasteiger partial charge is 0.480 e. The monoisotopic (exact) mass is 406 g/mol. The van der Waals surface area contributed by atoms with Crippen LogP contribution in [0.4, 0.5) is 10.5 Å². The molecule has 0 saturated heterocycles. The van der Waals surface area contributed by atoms with Gasteiger partial charge in [0.25, 0.3) is 0 Å². The molecule has 0 spiro atoms. The first-order valence-electron chi connectivity index (χ1n) is 6.05. The molecule has 20 heavy (non-hydrogen) atoms. The molecule has 3 N–H and O–H groups in total. The van der Waals surface area contributed by atoms with Crippen molar-refractivity contribution in [1.82, 2.24) is 5.32 Å². The van der Waals surface area contributed by atoms with E-state index in [0.29, 0.717) is 16.6 Å². The number of carbonyl (C=O) groups excluding carboxylic acids is 1. The lowest BCUT2D eigenvalue weighted by Crippen LogP contribution is -2.43. The molecule has 0 aliphatic heterocycles. The Morgan fingerprint density at radius 2 is 1.95 bits per heavy atom. The van der Waals surface area contributed by atoms with E-state index < -0.39 is 18.0 Å². The summed E-state index contributed by atoms with van der Waals surface area (Å²) in [5.41, 5.74) is 0.561. The first-order valence-corrected chi connectivity index (χ1v) is 7.63. The zero-order chi connectivity index (χ0) is 15.3. The van der Waals surface area contributed by atoms with Gasteiger partial charge in [0, 0.05) is 8.95 Å². The van der Waals surface area contributed by atoms with Gasteiger partial charge in [-0.05, 0) is 46.5 Å². The second-order valence-corrected chi connectivity index (χ2v) is 6.51. The minimum Gasteiger partial charge on any atom is -0.480 e. The van der Waals surface area contributed by atoms with Gasteiger partial charge in [-0.2, -0.15) is 0 Å². The van der Waals surface area contributed by atoms with Gasteiger partial charge in [-0.15, -0.1) is 0 Å². The summed E-state index contributed by atoms with van der Waals surface area (Å²) in [6.07, 6.45) is 0.377. The fourth-order valence-corrected chi connectivity index (χ4v) is 2.31. The van der Waals surface area contributed by atoms with Gasteiger partial charge in [-0.3, -0.25) is 0 Å². The second-order valence-electron chi connectivity index (χ2n) is 4.74. The van der Waals surface area contributed by atoms with Crippen molar-refractivity contribution in [1.29, 1.82) is 0 Å². The molecule has 0 heterocycles. The Balaban J connectivity index is 2.70. The number of amides is 2. The highest BCUT2D eigenvalue weighted by molar-refractivity contribution is 9.11. The van der Waals surface area contributed by atoms with Crippen LogP contribution in [0.5, 0.6) is 0 Å². The van der Waals surface area contributed by atoms with E-state index in [1.165, 1.54) is 0 Å². The van der Waals surface area contributed by atoms with E-state index in [2.05, 4.69) is 42.5 Å². The number of anilines is 1. The molecule has 110 valence electrons. The Hall–Kier alpha value is -1.08. The van der Waals surface area contributed by atoms with Crippen molar-refractivity contribution in [2.45, 2.75) is 26.3 Å². The fourth-order valence-electron chi connectivity index (χ4n) is 1.60. The molecule has 0 aliphatic rings. The minimum absolute atomic E-state index is 0.175. The van der Waals surface area contributed by atoms with E-state index in [0.717, 1.165) is 4.47 Å². The van der Waals surface area contributed by atoms with E-state index in [-0.39, 0.29) is 5.92 Å². The Morgan fingerprint density at radius 3 is 2.50 bits per heavy atom. The summed E-state index contributed by atoms with van der Waals surface area (Å²) in [4.78, 5) is 22.9. The molecule has 7 heteroatoms. The van der Waals surface area contributed by atoms with Crippen LogP contribution in [0.2, 0.25) is 0 Å². The Labute approximate surface area is 134 Å². The Kier molecular flexibility index (Phi) is 6.48. The van der Waals surface area contributed by atoms with Crippen LogP contribution in [0.3, 0.4) is 0 Å². The van der Waals surface area contributed by atoms with Crippen LogP contribution in [0.1, 0.15) is 20.3 Å². The maximum Gasteiger partial charge on any atom is 0.326 e. The summed E-state index contributed by atoms with van der Waals surface area (Å²) in [5.74, 6) is -0.865. The number of carboxylic acid groups (broad SMARTS) is 1. The smallest absolute Gasteiger partial charge is 0.326 e. The predicted octanol–water partition coefficient (Wildman–Crippen LogP) is 3.83. The highest BCUT2D eigenvalue weighted by atomic mass is 79.9. The third kappa shape index (κ3) is 5.50. The molecule has 1 atom stereocenters. The van der Waals surface area contributed by atoms with E-state index in [1.54, 1.807) is 12.1 Å². The number of benzene rings is 1. The molecule has 0 aliphatic carbocycles. The average Bonchev–Trinajstić information content (AvgIpc) is 2.32. The van der Waals surface area contributed by atoms with E-state index >= 15 is 0 Å². The van der Waals surface area contributed by atoms with Crippen molar-refractivity contribution in [2.24, 2.45) is 5.92 Å². The van der Waals surface area contributed by atoms with Gasteiger partial charge >= 0.3 is 12.0 Å². The lowest BCUT2D eigenvalue weighted by molar-refractivity contribution is -0.139. The van der Waals surface area contributed by atoms with Gasteiger partial charge in [0.05, 0.1) is 5.69 Å². The predicted molar refractivity (Wildman–Crippen MR) is 84.9 cm³/mol. The summed E-state index contributed by atoms with van der Waals surface area (Å²) < 4.78 is 1.53. The van der Waals surface area contributed by atoms with Crippen molar-refractivity contribution in [3.8, 4) is 0 Å². The SMILES string of the molecule is CC(C)CC(NC(=O)Nc1cc(Br)ccc1Br)C(=O)O. The molecule has 5 nitrogen and oxygen atoms in total. The maximum atomic E-state index is 11.9. The molecular weight excluding hydrogens is 392 g/mol. The number of rotatable bonds is 5. The normalized spacial score (nSPS) is 12.1. The third-order valence-electron chi connectivity index (χ3n) is 2.49. The topological polar surface area (TPSA) is 78.4 Å². The first-order chi connectivity index (χ1) is 9.29. The summed E-state index contributed by atoms with van der Waals surface area (Å²) in [5, 5.41) is 14.2. The lowest BCUT2D eigenvalue weighted by Gasteiger charge is -2.17. The maximum absolute atomic E-state index is 11.9. The molecule has 0 fully saturated rings. The summed E-state index contributed by atoms with van der Waals surface area (Å²) in [6.45, 7) is 3.81. The second kappa shape index (κ2) is 7.64. The van der Waals surface area contributed by atoms with E-state index in [9.17, 15) is 9.59 Å². The van der Waals surface area contributed by atoms with Crippen molar-refractivity contribution in [3.05, 3.63) is 27.1 Å². The standard InChI is InChI=1S/C13H16Br2N2O3/c1-7(2)5-11(12(18)19)17-13(20)16-10-6-8(14)3-4-9(10)15/h3-4,6-7,11H,5H2,1-2H3,(H,18,19)(H2,16,17,20). The molecule has 1 unspecified atom stereocenters. The van der Waals surface area contributed by atoms with Gasteiger partial charge in [-0.25, -0.2) is 9.59 Å². The molecule has 0 aromatic heterocycles. The zero-order valence-corrected chi connectivity index (χ0v) is 14.3. The summed E-state index contributed by atoms with van der Waals surface area (Å²) >= 11 is 6.62. The van der Waals surface area contributed by atoms with E-state index in [4.69, 9.17) is 5.11 Å². The van der Waals surface area contributed by atoms with Crippen LogP contribution in [0, 0.1) is 5.92 Å². The number of hydrogen-bond acceptors (Lipinski definition) is 2. The average molecular weight is 408 g/mol. The number of nitrogens with one attached hydrogen (secondary N) is 2. The molecule has 0 bridgehead atoms. The van der Waals surface area contributed by atoms with Gasteiger partial charge < -0.3 is 15.7 Å². The number of aliphatic carboxylic acids is 1. The van der Waals surface area contributed by atoms with Crippen molar-refractivity contribution in [2.75, 3.05) is 5.32 Å². The Morgan fingerprint density at radius 1 is 1.30 bits per heavy atom. The van der Waals surface area contributed by atoms with Crippen LogP contribution in [-0.4, -0.2) is 23.1 Å². The molecular formula is C13H16Br2N2O3. The quantitative estimate of drug-likeness (QED) is 0.693. The fraction of sp³-hybridized carbons (Fsp3) is 0.385. The van der Waals surface area contributed by atoms with Crippen LogP contribution in [0.15, 0.2) is 27.1 Å².